The Morgan fingerprint density at radius 2 is 1.86 bits per heavy atom. The van der Waals surface area contributed by atoms with Gasteiger partial charge >= 0.3 is 0 Å². The SMILES string of the molecule is CCCOc1cc(C)nc(NCc2ccccc2CC)n1. The Bertz CT molecular complexity index is 584. The van der Waals surface area contributed by atoms with Gasteiger partial charge in [-0.2, -0.15) is 4.98 Å². The zero-order chi connectivity index (χ0) is 15.1. The quantitative estimate of drug-likeness (QED) is 0.841. The molecule has 0 saturated carbocycles. The Labute approximate surface area is 126 Å². The molecule has 0 aliphatic heterocycles. The van der Waals surface area contributed by atoms with Crippen molar-refractivity contribution in [1.29, 1.82) is 0 Å². The van der Waals surface area contributed by atoms with Crippen LogP contribution in [-0.2, 0) is 13.0 Å². The second-order valence-electron chi connectivity index (χ2n) is 5.00. The van der Waals surface area contributed by atoms with Gasteiger partial charge in [-0.25, -0.2) is 4.98 Å². The number of aryl methyl sites for hydroxylation is 2. The van der Waals surface area contributed by atoms with Gasteiger partial charge in [-0.05, 0) is 30.9 Å². The third-order valence-corrected chi connectivity index (χ3v) is 3.22. The number of hydrogen-bond donors (Lipinski definition) is 1. The second kappa shape index (κ2) is 7.62. The molecule has 4 nitrogen and oxygen atoms in total. The molecule has 1 aromatic carbocycles. The molecule has 2 rings (SSSR count). The van der Waals surface area contributed by atoms with E-state index >= 15 is 0 Å². The van der Waals surface area contributed by atoms with E-state index in [0.717, 1.165) is 25.1 Å². The van der Waals surface area contributed by atoms with E-state index in [2.05, 4.69) is 53.4 Å². The third kappa shape index (κ3) is 4.45. The number of aromatic nitrogens is 2. The van der Waals surface area contributed by atoms with Gasteiger partial charge in [0, 0.05) is 18.3 Å². The fourth-order valence-electron chi connectivity index (χ4n) is 2.15. The van der Waals surface area contributed by atoms with Crippen LogP contribution >= 0.6 is 0 Å². The molecule has 0 spiro atoms. The number of nitrogens with one attached hydrogen (secondary N) is 1. The molecule has 0 atom stereocenters. The van der Waals surface area contributed by atoms with E-state index in [4.69, 9.17) is 4.74 Å². The minimum Gasteiger partial charge on any atom is -0.478 e. The molecule has 0 unspecified atom stereocenters. The summed E-state index contributed by atoms with van der Waals surface area (Å²) in [6.45, 7) is 7.59. The summed E-state index contributed by atoms with van der Waals surface area (Å²) in [6, 6.07) is 10.3. The fraction of sp³-hybridized carbons (Fsp3) is 0.412. The number of rotatable bonds is 7. The van der Waals surface area contributed by atoms with Crippen LogP contribution in [0.4, 0.5) is 5.95 Å². The van der Waals surface area contributed by atoms with Crippen molar-refractivity contribution in [3.05, 3.63) is 47.2 Å². The maximum Gasteiger partial charge on any atom is 0.226 e. The first kappa shape index (κ1) is 15.3. The van der Waals surface area contributed by atoms with Crippen LogP contribution in [0.1, 0.15) is 37.1 Å². The van der Waals surface area contributed by atoms with Gasteiger partial charge in [-0.15, -0.1) is 0 Å². The molecule has 21 heavy (non-hydrogen) atoms. The molecule has 0 radical (unpaired) electrons. The summed E-state index contributed by atoms with van der Waals surface area (Å²) >= 11 is 0. The zero-order valence-corrected chi connectivity index (χ0v) is 13.0. The molecular formula is C17H23N3O. The van der Waals surface area contributed by atoms with Gasteiger partial charge < -0.3 is 10.1 Å². The van der Waals surface area contributed by atoms with E-state index in [-0.39, 0.29) is 0 Å². The van der Waals surface area contributed by atoms with E-state index in [1.54, 1.807) is 0 Å². The highest BCUT2D eigenvalue weighted by Crippen LogP contribution is 2.15. The van der Waals surface area contributed by atoms with Gasteiger partial charge in [-0.1, -0.05) is 38.1 Å². The molecule has 0 amide bonds. The fourth-order valence-corrected chi connectivity index (χ4v) is 2.15. The van der Waals surface area contributed by atoms with Gasteiger partial charge in [0.05, 0.1) is 6.61 Å². The number of hydrogen-bond acceptors (Lipinski definition) is 4. The standard InChI is InChI=1S/C17H23N3O/c1-4-10-21-16-11-13(3)19-17(20-16)18-12-15-9-7-6-8-14(15)5-2/h6-9,11H,4-5,10,12H2,1-3H3,(H,18,19,20). The zero-order valence-electron chi connectivity index (χ0n) is 13.0. The molecule has 0 aliphatic carbocycles. The van der Waals surface area contributed by atoms with E-state index < -0.39 is 0 Å². The van der Waals surface area contributed by atoms with Crippen molar-refractivity contribution >= 4 is 5.95 Å². The summed E-state index contributed by atoms with van der Waals surface area (Å²) in [5, 5.41) is 3.29. The number of ether oxygens (including phenoxy) is 1. The first-order valence-corrected chi connectivity index (χ1v) is 7.52. The molecular weight excluding hydrogens is 262 g/mol. The minimum absolute atomic E-state index is 0.618. The largest absolute Gasteiger partial charge is 0.478 e. The lowest BCUT2D eigenvalue weighted by molar-refractivity contribution is 0.305. The summed E-state index contributed by atoms with van der Waals surface area (Å²) in [5.41, 5.74) is 3.53. The lowest BCUT2D eigenvalue weighted by Crippen LogP contribution is -2.08. The summed E-state index contributed by atoms with van der Waals surface area (Å²) in [4.78, 5) is 8.81. The van der Waals surface area contributed by atoms with Crippen molar-refractivity contribution in [3.8, 4) is 5.88 Å². The van der Waals surface area contributed by atoms with Crippen LogP contribution in [0.2, 0.25) is 0 Å². The Morgan fingerprint density at radius 1 is 1.10 bits per heavy atom. The maximum absolute atomic E-state index is 5.58. The van der Waals surface area contributed by atoms with E-state index in [0.29, 0.717) is 18.4 Å². The Kier molecular flexibility index (Phi) is 5.55. The summed E-state index contributed by atoms with van der Waals surface area (Å²) in [6.07, 6.45) is 1.99. The number of benzene rings is 1. The molecule has 0 aliphatic rings. The number of anilines is 1. The molecule has 1 aromatic heterocycles. The lowest BCUT2D eigenvalue weighted by atomic mass is 10.1. The topological polar surface area (TPSA) is 47.0 Å². The van der Waals surface area contributed by atoms with Gasteiger partial charge in [0.2, 0.25) is 11.8 Å². The first-order chi connectivity index (χ1) is 10.2. The lowest BCUT2D eigenvalue weighted by Gasteiger charge is -2.11. The van der Waals surface area contributed by atoms with E-state index in [1.807, 2.05) is 13.0 Å². The second-order valence-corrected chi connectivity index (χ2v) is 5.00. The molecule has 4 heteroatoms. The highest BCUT2D eigenvalue weighted by Gasteiger charge is 2.04. The average molecular weight is 285 g/mol. The molecule has 0 saturated heterocycles. The molecule has 0 bridgehead atoms. The van der Waals surface area contributed by atoms with E-state index in [9.17, 15) is 0 Å². The normalized spacial score (nSPS) is 10.4. The molecule has 112 valence electrons. The van der Waals surface area contributed by atoms with Crippen LogP contribution in [0.5, 0.6) is 5.88 Å². The number of nitrogens with zero attached hydrogens (tertiary/aromatic N) is 2. The molecule has 1 heterocycles. The predicted molar refractivity (Wildman–Crippen MR) is 85.7 cm³/mol. The van der Waals surface area contributed by atoms with Crippen LogP contribution in [0.3, 0.4) is 0 Å². The monoisotopic (exact) mass is 285 g/mol. The van der Waals surface area contributed by atoms with Gasteiger partial charge in [-0.3, -0.25) is 0 Å². The van der Waals surface area contributed by atoms with Gasteiger partial charge in [0.15, 0.2) is 0 Å². The molecule has 1 N–H and O–H groups in total. The minimum atomic E-state index is 0.618. The van der Waals surface area contributed by atoms with Crippen molar-refractivity contribution in [2.24, 2.45) is 0 Å². The van der Waals surface area contributed by atoms with Crippen molar-refractivity contribution < 1.29 is 4.74 Å². The van der Waals surface area contributed by atoms with Crippen molar-refractivity contribution in [2.75, 3.05) is 11.9 Å². The molecule has 0 fully saturated rings. The maximum atomic E-state index is 5.58. The molecule has 2 aromatic rings. The Morgan fingerprint density at radius 3 is 2.57 bits per heavy atom. The third-order valence-electron chi connectivity index (χ3n) is 3.22. The van der Waals surface area contributed by atoms with Crippen LogP contribution in [0.25, 0.3) is 0 Å². The Hall–Kier alpha value is -2.10. The first-order valence-electron chi connectivity index (χ1n) is 7.52. The van der Waals surface area contributed by atoms with Crippen molar-refractivity contribution in [3.63, 3.8) is 0 Å². The van der Waals surface area contributed by atoms with Crippen LogP contribution in [-0.4, -0.2) is 16.6 Å². The van der Waals surface area contributed by atoms with Crippen LogP contribution < -0.4 is 10.1 Å². The highest BCUT2D eigenvalue weighted by atomic mass is 16.5. The predicted octanol–water partition coefficient (Wildman–Crippen LogP) is 3.75. The van der Waals surface area contributed by atoms with Gasteiger partial charge in [0.1, 0.15) is 0 Å². The summed E-state index contributed by atoms with van der Waals surface area (Å²) in [5.74, 6) is 1.25. The van der Waals surface area contributed by atoms with Crippen molar-refractivity contribution in [1.82, 2.24) is 9.97 Å². The smallest absolute Gasteiger partial charge is 0.226 e. The average Bonchev–Trinajstić information content (AvgIpc) is 2.50. The Balaban J connectivity index is 2.07. The van der Waals surface area contributed by atoms with Crippen LogP contribution in [0.15, 0.2) is 30.3 Å². The van der Waals surface area contributed by atoms with E-state index in [1.165, 1.54) is 11.1 Å². The van der Waals surface area contributed by atoms with Gasteiger partial charge in [0.25, 0.3) is 0 Å². The van der Waals surface area contributed by atoms with Crippen LogP contribution in [0, 0.1) is 6.92 Å². The summed E-state index contributed by atoms with van der Waals surface area (Å²) in [7, 11) is 0. The highest BCUT2D eigenvalue weighted by molar-refractivity contribution is 5.35. The summed E-state index contributed by atoms with van der Waals surface area (Å²) < 4.78 is 5.58. The van der Waals surface area contributed by atoms with Crippen molar-refractivity contribution in [2.45, 2.75) is 40.2 Å².